The van der Waals surface area contributed by atoms with Crippen molar-refractivity contribution in [3.63, 3.8) is 0 Å². The second kappa shape index (κ2) is 8.49. The zero-order chi connectivity index (χ0) is 15.8. The zero-order valence-corrected chi connectivity index (χ0v) is 13.7. The molecule has 0 unspecified atom stereocenters. The highest BCUT2D eigenvalue weighted by Crippen LogP contribution is 2.23. The van der Waals surface area contributed by atoms with Gasteiger partial charge in [0.2, 0.25) is 0 Å². The average molecular weight is 292 g/mol. The molecule has 0 atom stereocenters. The molecule has 0 saturated heterocycles. The molecule has 0 aliphatic carbocycles. The molecule has 5 nitrogen and oxygen atoms in total. The number of amidine groups is 1. The minimum atomic E-state index is 0.132. The summed E-state index contributed by atoms with van der Waals surface area (Å²) in [6.45, 7) is 10.2. The van der Waals surface area contributed by atoms with E-state index < -0.39 is 0 Å². The van der Waals surface area contributed by atoms with Gasteiger partial charge in [-0.2, -0.15) is 0 Å². The van der Waals surface area contributed by atoms with Gasteiger partial charge in [0, 0.05) is 18.8 Å². The lowest BCUT2D eigenvalue weighted by Gasteiger charge is -2.26. The van der Waals surface area contributed by atoms with E-state index in [-0.39, 0.29) is 5.84 Å². The highest BCUT2D eigenvalue weighted by Gasteiger charge is 2.18. The van der Waals surface area contributed by atoms with Crippen LogP contribution in [-0.4, -0.2) is 29.1 Å². The maximum absolute atomic E-state index is 9.06. The molecule has 0 fully saturated rings. The normalized spacial score (nSPS) is 11.7. The largest absolute Gasteiger partial charge is 0.409 e. The van der Waals surface area contributed by atoms with E-state index in [2.05, 4.69) is 28.9 Å². The quantitative estimate of drug-likeness (QED) is 0.334. The lowest BCUT2D eigenvalue weighted by molar-refractivity contribution is 0.318. The smallest absolute Gasteiger partial charge is 0.174 e. The van der Waals surface area contributed by atoms with Gasteiger partial charge in [0.25, 0.3) is 0 Å². The summed E-state index contributed by atoms with van der Waals surface area (Å²) < 4.78 is 0. The fraction of sp³-hybridized carbons (Fsp3) is 0.625. The van der Waals surface area contributed by atoms with E-state index >= 15 is 0 Å². The Morgan fingerprint density at radius 3 is 2.29 bits per heavy atom. The molecule has 0 aromatic carbocycles. The second-order valence-electron chi connectivity index (χ2n) is 5.46. The molecule has 0 amide bonds. The third-order valence-electron chi connectivity index (χ3n) is 3.55. The molecule has 0 bridgehead atoms. The van der Waals surface area contributed by atoms with E-state index in [9.17, 15) is 0 Å². The summed E-state index contributed by atoms with van der Waals surface area (Å²) in [5.41, 5.74) is 8.57. The predicted molar refractivity (Wildman–Crippen MR) is 88.3 cm³/mol. The highest BCUT2D eigenvalue weighted by atomic mass is 16.4. The van der Waals surface area contributed by atoms with Crippen LogP contribution in [0.3, 0.4) is 0 Å². The van der Waals surface area contributed by atoms with Crippen LogP contribution in [0.5, 0.6) is 0 Å². The van der Waals surface area contributed by atoms with Gasteiger partial charge < -0.3 is 15.8 Å². The number of oxime groups is 1. The minimum absolute atomic E-state index is 0.132. The monoisotopic (exact) mass is 292 g/mol. The van der Waals surface area contributed by atoms with Gasteiger partial charge in [-0.05, 0) is 38.3 Å². The summed E-state index contributed by atoms with van der Waals surface area (Å²) in [4.78, 5) is 6.93. The van der Waals surface area contributed by atoms with E-state index in [0.717, 1.165) is 61.4 Å². The molecule has 0 aliphatic heterocycles. The molecule has 1 aromatic rings. The Hall–Kier alpha value is -1.78. The number of rotatable bonds is 8. The fourth-order valence-corrected chi connectivity index (χ4v) is 2.43. The number of unbranched alkanes of at least 4 members (excludes halogenated alkanes) is 2. The molecule has 0 spiro atoms. The molecule has 3 N–H and O–H groups in total. The maximum atomic E-state index is 9.06. The van der Waals surface area contributed by atoms with Crippen LogP contribution in [0.2, 0.25) is 0 Å². The summed E-state index contributed by atoms with van der Waals surface area (Å²) in [5.74, 6) is 0.970. The van der Waals surface area contributed by atoms with E-state index in [4.69, 9.17) is 10.9 Å². The number of anilines is 1. The van der Waals surface area contributed by atoms with Crippen molar-refractivity contribution in [2.45, 2.75) is 53.4 Å². The van der Waals surface area contributed by atoms with Crippen molar-refractivity contribution < 1.29 is 5.21 Å². The Bertz CT molecular complexity index is 477. The Balaban J connectivity index is 3.26. The molecule has 1 rings (SSSR count). The Labute approximate surface area is 127 Å². The van der Waals surface area contributed by atoms with Crippen molar-refractivity contribution >= 4 is 11.7 Å². The van der Waals surface area contributed by atoms with Crippen LogP contribution in [0.25, 0.3) is 0 Å². The van der Waals surface area contributed by atoms with Gasteiger partial charge >= 0.3 is 0 Å². The summed E-state index contributed by atoms with van der Waals surface area (Å²) in [6.07, 6.45) is 4.47. The van der Waals surface area contributed by atoms with Crippen molar-refractivity contribution in [3.8, 4) is 0 Å². The molecule has 21 heavy (non-hydrogen) atoms. The van der Waals surface area contributed by atoms with E-state index in [1.807, 2.05) is 19.9 Å². The van der Waals surface area contributed by atoms with Gasteiger partial charge in [-0.15, -0.1) is 0 Å². The summed E-state index contributed by atoms with van der Waals surface area (Å²) in [6, 6.07) is 1.97. The number of aryl methyl sites for hydroxylation is 2. The fourth-order valence-electron chi connectivity index (χ4n) is 2.43. The van der Waals surface area contributed by atoms with Crippen molar-refractivity contribution in [2.75, 3.05) is 18.0 Å². The Morgan fingerprint density at radius 2 is 1.81 bits per heavy atom. The lowest BCUT2D eigenvalue weighted by atomic mass is 10.1. The minimum Gasteiger partial charge on any atom is -0.409 e. The van der Waals surface area contributed by atoms with Crippen LogP contribution in [0.4, 0.5) is 5.82 Å². The van der Waals surface area contributed by atoms with E-state index in [1.54, 1.807) is 0 Å². The first-order valence-electron chi connectivity index (χ1n) is 7.76. The summed E-state index contributed by atoms with van der Waals surface area (Å²) in [7, 11) is 0. The van der Waals surface area contributed by atoms with Crippen molar-refractivity contribution in [2.24, 2.45) is 10.9 Å². The molecule has 118 valence electrons. The number of nitrogens with two attached hydrogens (primary N) is 1. The first kappa shape index (κ1) is 17.3. The summed E-state index contributed by atoms with van der Waals surface area (Å²) in [5, 5.41) is 12.2. The van der Waals surface area contributed by atoms with E-state index in [1.165, 1.54) is 0 Å². The SMILES string of the molecule is CCCCN(CCCC)c1nc(C)cc(C)c1C(N)=NO. The van der Waals surface area contributed by atoms with Crippen molar-refractivity contribution in [1.29, 1.82) is 0 Å². The molecule has 1 aromatic heterocycles. The van der Waals surface area contributed by atoms with Gasteiger partial charge in [0.05, 0.1) is 5.56 Å². The van der Waals surface area contributed by atoms with Crippen LogP contribution in [0.15, 0.2) is 11.2 Å². The predicted octanol–water partition coefficient (Wildman–Crippen LogP) is 3.20. The topological polar surface area (TPSA) is 74.7 Å². The van der Waals surface area contributed by atoms with Crippen LogP contribution in [0.1, 0.15) is 56.4 Å². The molecular weight excluding hydrogens is 264 g/mol. The van der Waals surface area contributed by atoms with Gasteiger partial charge in [0.1, 0.15) is 5.82 Å². The van der Waals surface area contributed by atoms with Crippen LogP contribution in [-0.2, 0) is 0 Å². The molecule has 1 heterocycles. The molecular formula is C16H28N4O. The number of hydrogen-bond acceptors (Lipinski definition) is 4. The summed E-state index contributed by atoms with van der Waals surface area (Å²) >= 11 is 0. The number of aromatic nitrogens is 1. The molecule has 0 aliphatic rings. The number of hydrogen-bond donors (Lipinski definition) is 2. The molecule has 5 heteroatoms. The van der Waals surface area contributed by atoms with Gasteiger partial charge in [-0.3, -0.25) is 0 Å². The number of nitrogens with zero attached hydrogens (tertiary/aromatic N) is 3. The first-order chi connectivity index (χ1) is 10.0. The van der Waals surface area contributed by atoms with Crippen LogP contribution >= 0.6 is 0 Å². The standard InChI is InChI=1S/C16H28N4O/c1-5-7-9-20(10-8-6-2)16-14(15(17)19-21)12(3)11-13(4)18-16/h11,21H,5-10H2,1-4H3,(H2,17,19). The highest BCUT2D eigenvalue weighted by molar-refractivity contribution is 6.02. The average Bonchev–Trinajstić information content (AvgIpc) is 2.46. The third kappa shape index (κ3) is 4.62. The van der Waals surface area contributed by atoms with Crippen LogP contribution in [0, 0.1) is 13.8 Å². The van der Waals surface area contributed by atoms with Crippen molar-refractivity contribution in [3.05, 3.63) is 22.9 Å². The molecule has 0 saturated carbocycles. The van der Waals surface area contributed by atoms with Gasteiger partial charge in [0.15, 0.2) is 5.84 Å². The zero-order valence-electron chi connectivity index (χ0n) is 13.7. The second-order valence-corrected chi connectivity index (χ2v) is 5.46. The Morgan fingerprint density at radius 1 is 1.24 bits per heavy atom. The number of pyridine rings is 1. The third-order valence-corrected chi connectivity index (χ3v) is 3.55. The van der Waals surface area contributed by atoms with E-state index in [0.29, 0.717) is 0 Å². The lowest BCUT2D eigenvalue weighted by Crippen LogP contribution is -2.30. The maximum Gasteiger partial charge on any atom is 0.174 e. The Kier molecular flexibility index (Phi) is 6.99. The first-order valence-corrected chi connectivity index (χ1v) is 7.76. The van der Waals surface area contributed by atoms with Crippen molar-refractivity contribution in [1.82, 2.24) is 4.98 Å². The van der Waals surface area contributed by atoms with Crippen LogP contribution < -0.4 is 10.6 Å². The van der Waals surface area contributed by atoms with Gasteiger partial charge in [-0.1, -0.05) is 31.8 Å². The molecule has 0 radical (unpaired) electrons. The van der Waals surface area contributed by atoms with Gasteiger partial charge in [-0.25, -0.2) is 4.98 Å².